The third kappa shape index (κ3) is 8.37. The lowest BCUT2D eigenvalue weighted by molar-refractivity contribution is -0.0000251. The smallest absolute Gasteiger partial charge is 0.258 e. The molecule has 0 spiro atoms. The molecule has 9 nitrogen and oxygen atoms in total. The Morgan fingerprint density at radius 2 is 1.30 bits per heavy atom. The van der Waals surface area contributed by atoms with Crippen LogP contribution in [0.1, 0.15) is 37.4 Å². The summed E-state index contributed by atoms with van der Waals surface area (Å²) in [5.74, 6) is -0.0738. The molecule has 0 unspecified atom stereocenters. The maximum Gasteiger partial charge on any atom is 0.258 e. The van der Waals surface area contributed by atoms with Crippen LogP contribution in [0.3, 0.4) is 0 Å². The number of anilines is 2. The Morgan fingerprint density at radius 3 is 1.88 bits per heavy atom. The summed E-state index contributed by atoms with van der Waals surface area (Å²) >= 11 is 0. The zero-order valence-electron chi connectivity index (χ0n) is 24.2. The molecule has 0 saturated heterocycles. The Bertz CT molecular complexity index is 1600. The SMILES string of the molecule is COc1cc(C(=O)NC(=N)Nc2ccc(C)c(NC(=O)c3ccc(/C=C/c4ccccc4)cc3)c2)cc(OC)c1OC.[Cl-]. The van der Waals surface area contributed by atoms with Gasteiger partial charge in [0.05, 0.1) is 21.3 Å². The average molecular weight is 600 g/mol. The van der Waals surface area contributed by atoms with E-state index in [2.05, 4.69) is 16.0 Å². The fourth-order valence-electron chi connectivity index (χ4n) is 4.10. The fraction of sp³-hybridized carbons (Fsp3) is 0.121. The van der Waals surface area contributed by atoms with Gasteiger partial charge in [0.25, 0.3) is 11.8 Å². The van der Waals surface area contributed by atoms with Crippen molar-refractivity contribution >= 4 is 41.3 Å². The number of aryl methyl sites for hydroxylation is 1. The Hall–Kier alpha value is -5.28. The molecule has 0 aliphatic rings. The van der Waals surface area contributed by atoms with Crippen LogP contribution in [0.2, 0.25) is 0 Å². The van der Waals surface area contributed by atoms with E-state index in [1.54, 1.807) is 24.3 Å². The number of carbonyl (C=O) groups excluding carboxylic acids is 2. The van der Waals surface area contributed by atoms with Gasteiger partial charge in [-0.05, 0) is 60.0 Å². The van der Waals surface area contributed by atoms with Crippen molar-refractivity contribution in [2.45, 2.75) is 6.92 Å². The number of nitrogens with one attached hydrogen (secondary N) is 4. The van der Waals surface area contributed by atoms with Gasteiger partial charge in [-0.25, -0.2) is 0 Å². The Kier molecular flexibility index (Phi) is 11.3. The molecule has 222 valence electrons. The van der Waals surface area contributed by atoms with Crippen molar-refractivity contribution in [1.82, 2.24) is 5.32 Å². The van der Waals surface area contributed by atoms with Crippen LogP contribution in [0.25, 0.3) is 12.2 Å². The van der Waals surface area contributed by atoms with E-state index >= 15 is 0 Å². The van der Waals surface area contributed by atoms with Crippen LogP contribution >= 0.6 is 0 Å². The van der Waals surface area contributed by atoms with Gasteiger partial charge >= 0.3 is 0 Å². The molecule has 0 aromatic heterocycles. The summed E-state index contributed by atoms with van der Waals surface area (Å²) in [5, 5.41) is 16.5. The van der Waals surface area contributed by atoms with E-state index in [0.29, 0.717) is 34.2 Å². The van der Waals surface area contributed by atoms with Crippen LogP contribution in [0.15, 0.2) is 84.9 Å². The molecule has 0 aliphatic heterocycles. The van der Waals surface area contributed by atoms with Crippen LogP contribution in [0.5, 0.6) is 17.2 Å². The molecule has 4 rings (SSSR count). The lowest BCUT2D eigenvalue weighted by Crippen LogP contribution is -3.00. The molecule has 0 heterocycles. The number of rotatable bonds is 9. The largest absolute Gasteiger partial charge is 1.00 e. The van der Waals surface area contributed by atoms with Crippen LogP contribution in [0, 0.1) is 12.3 Å². The van der Waals surface area contributed by atoms with E-state index in [1.807, 2.05) is 67.6 Å². The molecule has 0 bridgehead atoms. The molecule has 0 atom stereocenters. The van der Waals surface area contributed by atoms with Gasteiger partial charge < -0.3 is 37.3 Å². The molecule has 4 aromatic rings. The molecule has 0 aliphatic carbocycles. The van der Waals surface area contributed by atoms with Crippen LogP contribution < -0.4 is 42.6 Å². The zero-order valence-corrected chi connectivity index (χ0v) is 24.9. The van der Waals surface area contributed by atoms with Crippen molar-refractivity contribution in [3.63, 3.8) is 0 Å². The molecular formula is C33H32ClN4O5-. The molecule has 43 heavy (non-hydrogen) atoms. The maximum absolute atomic E-state index is 13.0. The summed E-state index contributed by atoms with van der Waals surface area (Å²) in [5.41, 5.74) is 4.71. The highest BCUT2D eigenvalue weighted by Crippen LogP contribution is 2.38. The quantitative estimate of drug-likeness (QED) is 0.133. The number of guanidine groups is 1. The predicted molar refractivity (Wildman–Crippen MR) is 166 cm³/mol. The standard InChI is InChI=1S/C33H32N4O5.ClH/c1-21-10-17-26(35-33(34)37-32(39)25-18-28(40-2)30(42-4)29(19-25)41-3)20-27(21)36-31(38)24-15-13-23(14-16-24)12-11-22-8-6-5-7-9-22;/h5-20H,1-4H3,(H,36,38)(H3,34,35,37,39);1H/p-1/b12-11+;. The van der Waals surface area contributed by atoms with Gasteiger partial charge in [0.1, 0.15) is 0 Å². The van der Waals surface area contributed by atoms with Crippen molar-refractivity contribution in [2.24, 2.45) is 0 Å². The lowest BCUT2D eigenvalue weighted by Gasteiger charge is -2.15. The van der Waals surface area contributed by atoms with Gasteiger partial charge in [0.15, 0.2) is 17.5 Å². The van der Waals surface area contributed by atoms with E-state index in [0.717, 1.165) is 16.7 Å². The molecule has 0 fully saturated rings. The minimum absolute atomic E-state index is 0. The number of hydrogen-bond acceptors (Lipinski definition) is 6. The Labute approximate surface area is 256 Å². The average Bonchev–Trinajstić information content (AvgIpc) is 3.01. The highest BCUT2D eigenvalue weighted by molar-refractivity contribution is 6.10. The highest BCUT2D eigenvalue weighted by atomic mass is 35.5. The van der Waals surface area contributed by atoms with E-state index in [9.17, 15) is 9.59 Å². The summed E-state index contributed by atoms with van der Waals surface area (Å²) in [6.07, 6.45) is 4.01. The third-order valence-corrected chi connectivity index (χ3v) is 6.36. The first-order valence-electron chi connectivity index (χ1n) is 13.0. The minimum Gasteiger partial charge on any atom is -1.00 e. The molecular weight excluding hydrogens is 568 g/mol. The fourth-order valence-corrected chi connectivity index (χ4v) is 4.10. The normalized spacial score (nSPS) is 10.3. The van der Waals surface area contributed by atoms with Crippen molar-refractivity contribution in [2.75, 3.05) is 32.0 Å². The summed E-state index contributed by atoms with van der Waals surface area (Å²) in [6, 6.07) is 25.5. The summed E-state index contributed by atoms with van der Waals surface area (Å²) in [6.45, 7) is 1.87. The second-order valence-corrected chi connectivity index (χ2v) is 9.22. The summed E-state index contributed by atoms with van der Waals surface area (Å²) in [4.78, 5) is 25.8. The van der Waals surface area contributed by atoms with Crippen molar-refractivity contribution in [3.8, 4) is 17.2 Å². The van der Waals surface area contributed by atoms with E-state index in [1.165, 1.54) is 33.5 Å². The number of halogens is 1. The number of methoxy groups -OCH3 is 3. The van der Waals surface area contributed by atoms with Crippen molar-refractivity contribution in [1.29, 1.82) is 5.41 Å². The zero-order chi connectivity index (χ0) is 30.1. The predicted octanol–water partition coefficient (Wildman–Crippen LogP) is 3.22. The number of benzene rings is 4. The first-order chi connectivity index (χ1) is 20.3. The molecule has 4 N–H and O–H groups in total. The number of carbonyl (C=O) groups is 2. The van der Waals surface area contributed by atoms with Gasteiger partial charge in [0, 0.05) is 22.5 Å². The topological polar surface area (TPSA) is 122 Å². The lowest BCUT2D eigenvalue weighted by atomic mass is 10.1. The molecule has 2 amide bonds. The van der Waals surface area contributed by atoms with Gasteiger partial charge in [0.2, 0.25) is 5.75 Å². The number of hydrogen-bond donors (Lipinski definition) is 4. The number of ether oxygens (including phenoxy) is 3. The summed E-state index contributed by atoms with van der Waals surface area (Å²) < 4.78 is 15.9. The summed E-state index contributed by atoms with van der Waals surface area (Å²) in [7, 11) is 4.38. The van der Waals surface area contributed by atoms with Crippen molar-refractivity contribution in [3.05, 3.63) is 113 Å². The first-order valence-corrected chi connectivity index (χ1v) is 13.0. The Balaban J connectivity index is 0.00000506. The first kappa shape index (κ1) is 32.2. The van der Waals surface area contributed by atoms with Gasteiger partial charge in [-0.2, -0.15) is 0 Å². The monoisotopic (exact) mass is 599 g/mol. The third-order valence-electron chi connectivity index (χ3n) is 6.36. The van der Waals surface area contributed by atoms with Crippen LogP contribution in [-0.4, -0.2) is 39.1 Å². The van der Waals surface area contributed by atoms with E-state index in [4.69, 9.17) is 19.6 Å². The molecule has 0 saturated carbocycles. The second kappa shape index (κ2) is 15.1. The second-order valence-electron chi connectivity index (χ2n) is 9.22. The molecule has 0 radical (unpaired) electrons. The van der Waals surface area contributed by atoms with Gasteiger partial charge in [-0.15, -0.1) is 0 Å². The molecule has 10 heteroatoms. The van der Waals surface area contributed by atoms with Gasteiger partial charge in [-0.1, -0.05) is 60.7 Å². The molecule has 4 aromatic carbocycles. The highest BCUT2D eigenvalue weighted by Gasteiger charge is 2.18. The number of amides is 2. The Morgan fingerprint density at radius 1 is 0.698 bits per heavy atom. The minimum atomic E-state index is -0.547. The van der Waals surface area contributed by atoms with Crippen molar-refractivity contribution < 1.29 is 36.2 Å². The van der Waals surface area contributed by atoms with Crippen LogP contribution in [0.4, 0.5) is 11.4 Å². The van der Waals surface area contributed by atoms with E-state index in [-0.39, 0.29) is 29.8 Å². The van der Waals surface area contributed by atoms with Crippen LogP contribution in [-0.2, 0) is 0 Å². The maximum atomic E-state index is 13.0. The van der Waals surface area contributed by atoms with E-state index < -0.39 is 5.91 Å². The van der Waals surface area contributed by atoms with Gasteiger partial charge in [-0.3, -0.25) is 20.3 Å².